The lowest BCUT2D eigenvalue weighted by Gasteiger charge is -2.14. The van der Waals surface area contributed by atoms with E-state index in [1.807, 2.05) is 4.72 Å². The van der Waals surface area contributed by atoms with Gasteiger partial charge in [-0.25, -0.2) is 26.8 Å². The molecule has 0 bridgehead atoms. The van der Waals surface area contributed by atoms with Crippen molar-refractivity contribution >= 4 is 33.7 Å². The standard InChI is InChI=1S/C23H17F6N5O2S.C5H10FN/c1-2-34-20-12(9-31-22(30)32-20)7-15(21(34)35)14-8-16(24)19(18(26)17(14)25)33-37(36)10-11-4-3-5-13(6-11)23(27,28)29;6-5-2-1-3-7-4-5/h3-9,33H,2,10H2,1H3,(H2,30,31,32);5,7H,1-4H2. The predicted octanol–water partition coefficient (Wildman–Crippen LogP) is 5.48. The van der Waals surface area contributed by atoms with Crippen molar-refractivity contribution in [2.75, 3.05) is 23.5 Å². The van der Waals surface area contributed by atoms with Crippen LogP contribution in [0.5, 0.6) is 0 Å². The Balaban J connectivity index is 0.000000555. The largest absolute Gasteiger partial charge is 0.416 e. The molecule has 1 saturated heterocycles. The Labute approximate surface area is 249 Å². The van der Waals surface area contributed by atoms with Gasteiger partial charge in [-0.05, 0) is 50.1 Å². The zero-order chi connectivity index (χ0) is 32.2. The van der Waals surface area contributed by atoms with Crippen LogP contribution in [0.2, 0.25) is 0 Å². The normalized spacial score (nSPS) is 15.9. The average molecular weight is 645 g/mol. The molecular weight excluding hydrogens is 617 g/mol. The maximum absolute atomic E-state index is 15.1. The van der Waals surface area contributed by atoms with Crippen molar-refractivity contribution in [1.82, 2.24) is 19.9 Å². The second kappa shape index (κ2) is 13.7. The van der Waals surface area contributed by atoms with Gasteiger partial charge in [0.05, 0.1) is 16.9 Å². The summed E-state index contributed by atoms with van der Waals surface area (Å²) in [7, 11) is -2.33. The van der Waals surface area contributed by atoms with Crippen molar-refractivity contribution in [2.24, 2.45) is 0 Å². The molecule has 0 radical (unpaired) electrons. The molecule has 2 aromatic carbocycles. The summed E-state index contributed by atoms with van der Waals surface area (Å²) in [5.74, 6) is -5.40. The lowest BCUT2D eigenvalue weighted by Crippen LogP contribution is -2.30. The van der Waals surface area contributed by atoms with Crippen molar-refractivity contribution in [3.63, 3.8) is 0 Å². The van der Waals surface area contributed by atoms with Crippen molar-refractivity contribution in [3.05, 3.63) is 81.5 Å². The van der Waals surface area contributed by atoms with Crippen molar-refractivity contribution in [3.8, 4) is 11.1 Å². The number of nitrogen functional groups attached to an aromatic ring is 1. The van der Waals surface area contributed by atoms with Crippen LogP contribution in [0.25, 0.3) is 22.2 Å². The van der Waals surface area contributed by atoms with Crippen LogP contribution in [0.4, 0.5) is 42.4 Å². The minimum atomic E-state index is -4.64. The molecule has 16 heteroatoms. The molecule has 2 aromatic heterocycles. The first-order chi connectivity index (χ1) is 20.8. The number of piperidine rings is 1. The fourth-order valence-electron chi connectivity index (χ4n) is 4.49. The Morgan fingerprint density at radius 1 is 1.14 bits per heavy atom. The van der Waals surface area contributed by atoms with Gasteiger partial charge >= 0.3 is 6.18 Å². The number of nitrogens with two attached hydrogens (primary N) is 1. The van der Waals surface area contributed by atoms with Gasteiger partial charge in [0.15, 0.2) is 17.5 Å². The highest BCUT2D eigenvalue weighted by molar-refractivity contribution is 7.85. The van der Waals surface area contributed by atoms with E-state index in [9.17, 15) is 35.3 Å². The number of hydrogen-bond donors (Lipinski definition) is 3. The number of hydrogen-bond acceptors (Lipinski definition) is 6. The number of rotatable bonds is 6. The first-order valence-corrected chi connectivity index (χ1v) is 14.6. The monoisotopic (exact) mass is 644 g/mol. The molecule has 4 N–H and O–H groups in total. The molecule has 4 aromatic rings. The van der Waals surface area contributed by atoms with Gasteiger partial charge in [0.1, 0.15) is 28.5 Å². The zero-order valence-corrected chi connectivity index (χ0v) is 24.0. The average Bonchev–Trinajstić information content (AvgIpc) is 2.97. The Kier molecular flexibility index (Phi) is 10.2. The Hall–Kier alpha value is -4.05. The van der Waals surface area contributed by atoms with E-state index in [-0.39, 0.29) is 34.7 Å². The number of anilines is 2. The summed E-state index contributed by atoms with van der Waals surface area (Å²) in [4.78, 5) is 20.8. The SMILES string of the molecule is CCn1c(=O)c(-c2cc(F)c(NS(=O)Cc3cccc(C(F)(F)F)c3)c(F)c2F)cc2cnc(N)nc21.FC1CCCNC1. The van der Waals surface area contributed by atoms with Crippen LogP contribution < -0.4 is 21.3 Å². The van der Waals surface area contributed by atoms with Crippen LogP contribution in [0, 0.1) is 17.5 Å². The van der Waals surface area contributed by atoms with E-state index in [0.29, 0.717) is 12.6 Å². The van der Waals surface area contributed by atoms with Crippen molar-refractivity contribution in [2.45, 2.75) is 44.4 Å². The number of nitrogens with one attached hydrogen (secondary N) is 2. The molecular formula is C28H27F7N6O2S. The van der Waals surface area contributed by atoms with Crippen LogP contribution >= 0.6 is 0 Å². The van der Waals surface area contributed by atoms with Gasteiger partial charge in [-0.1, -0.05) is 18.2 Å². The van der Waals surface area contributed by atoms with Gasteiger partial charge in [0.25, 0.3) is 5.56 Å². The van der Waals surface area contributed by atoms with Gasteiger partial charge in [-0.15, -0.1) is 0 Å². The Morgan fingerprint density at radius 3 is 2.50 bits per heavy atom. The lowest BCUT2D eigenvalue weighted by atomic mass is 10.0. The molecule has 5 rings (SSSR count). The van der Waals surface area contributed by atoms with Gasteiger partial charge in [0, 0.05) is 30.2 Å². The lowest BCUT2D eigenvalue weighted by molar-refractivity contribution is -0.137. The maximum Gasteiger partial charge on any atom is 0.416 e. The van der Waals surface area contributed by atoms with Crippen LogP contribution in [-0.2, 0) is 29.5 Å². The van der Waals surface area contributed by atoms with E-state index >= 15 is 4.39 Å². The number of aryl methyl sites for hydroxylation is 1. The van der Waals surface area contributed by atoms with E-state index in [4.69, 9.17) is 5.73 Å². The summed E-state index contributed by atoms with van der Waals surface area (Å²) >= 11 is 0. The predicted molar refractivity (Wildman–Crippen MR) is 153 cm³/mol. The minimum Gasteiger partial charge on any atom is -0.368 e. The molecule has 0 spiro atoms. The van der Waals surface area contributed by atoms with E-state index in [2.05, 4.69) is 15.3 Å². The molecule has 236 valence electrons. The fourth-order valence-corrected chi connectivity index (χ4v) is 5.46. The number of aromatic nitrogens is 3. The number of halogens is 7. The number of fused-ring (bicyclic) bond motifs is 1. The van der Waals surface area contributed by atoms with Gasteiger partial charge < -0.3 is 11.1 Å². The van der Waals surface area contributed by atoms with E-state index in [1.165, 1.54) is 18.3 Å². The summed E-state index contributed by atoms with van der Waals surface area (Å²) in [6.45, 7) is 3.26. The second-order valence-electron chi connectivity index (χ2n) is 9.76. The molecule has 2 unspecified atom stereocenters. The second-order valence-corrected chi connectivity index (χ2v) is 10.9. The van der Waals surface area contributed by atoms with Crippen molar-refractivity contribution in [1.29, 1.82) is 0 Å². The van der Waals surface area contributed by atoms with E-state index < -0.39 is 68.9 Å². The van der Waals surface area contributed by atoms with E-state index in [1.54, 1.807) is 6.92 Å². The van der Waals surface area contributed by atoms with Crippen LogP contribution in [0.3, 0.4) is 0 Å². The Bertz CT molecular complexity index is 1740. The van der Waals surface area contributed by atoms with Crippen LogP contribution in [0.15, 0.2) is 47.4 Å². The third-order valence-corrected chi connectivity index (χ3v) is 7.64. The highest BCUT2D eigenvalue weighted by atomic mass is 32.2. The summed E-state index contributed by atoms with van der Waals surface area (Å²) in [5.41, 5.74) is 1.72. The molecule has 0 aliphatic carbocycles. The zero-order valence-electron chi connectivity index (χ0n) is 23.2. The number of benzene rings is 2. The number of alkyl halides is 4. The number of nitrogens with zero attached hydrogens (tertiary/aromatic N) is 3. The fraction of sp³-hybridized carbons (Fsp3) is 0.321. The molecule has 0 saturated carbocycles. The van der Waals surface area contributed by atoms with Gasteiger partial charge in [0.2, 0.25) is 5.95 Å². The topological polar surface area (TPSA) is 115 Å². The highest BCUT2D eigenvalue weighted by Crippen LogP contribution is 2.32. The van der Waals surface area contributed by atoms with Gasteiger partial charge in [-0.2, -0.15) is 18.2 Å². The first-order valence-electron chi connectivity index (χ1n) is 13.3. The quantitative estimate of drug-likeness (QED) is 0.189. The smallest absolute Gasteiger partial charge is 0.368 e. The molecule has 8 nitrogen and oxygen atoms in total. The van der Waals surface area contributed by atoms with Crippen molar-refractivity contribution < 1.29 is 34.9 Å². The molecule has 1 fully saturated rings. The van der Waals surface area contributed by atoms with Gasteiger partial charge in [-0.3, -0.25) is 14.1 Å². The summed E-state index contributed by atoms with van der Waals surface area (Å²) in [6, 6.07) is 5.62. The van der Waals surface area contributed by atoms with E-state index in [0.717, 1.165) is 42.2 Å². The molecule has 1 aliphatic heterocycles. The van der Waals surface area contributed by atoms with Crippen LogP contribution in [-0.4, -0.2) is 38.0 Å². The summed E-state index contributed by atoms with van der Waals surface area (Å²) < 4.78 is 111. The highest BCUT2D eigenvalue weighted by Gasteiger charge is 2.30. The third kappa shape index (κ3) is 7.53. The third-order valence-electron chi connectivity index (χ3n) is 6.62. The maximum atomic E-state index is 15.1. The van der Waals surface area contributed by atoms with Crippen LogP contribution in [0.1, 0.15) is 30.9 Å². The Morgan fingerprint density at radius 2 is 1.89 bits per heavy atom. The molecule has 44 heavy (non-hydrogen) atoms. The molecule has 0 amide bonds. The molecule has 2 atom stereocenters. The number of pyridine rings is 1. The molecule has 1 aliphatic rings. The summed E-state index contributed by atoms with van der Waals surface area (Å²) in [5, 5.41) is 3.22. The first kappa shape index (κ1) is 32.9. The molecule has 3 heterocycles. The minimum absolute atomic E-state index is 0.0299. The summed E-state index contributed by atoms with van der Waals surface area (Å²) in [6.07, 6.45) is -2.19.